The first-order chi connectivity index (χ1) is 4.86. The maximum absolute atomic E-state index is 5.33. The number of fused-ring (bicyclic) bond motifs is 1. The molecule has 10 heavy (non-hydrogen) atoms. The van der Waals surface area contributed by atoms with Gasteiger partial charge in [0.2, 0.25) is 0 Å². The Bertz CT molecular complexity index is 319. The van der Waals surface area contributed by atoms with Gasteiger partial charge in [-0.15, -0.1) is 5.10 Å². The van der Waals surface area contributed by atoms with E-state index in [0.29, 0.717) is 5.52 Å². The van der Waals surface area contributed by atoms with Crippen molar-refractivity contribution in [1.29, 1.82) is 0 Å². The number of nitrogens with two attached hydrogens (primary N) is 1. The van der Waals surface area contributed by atoms with Gasteiger partial charge in [0.1, 0.15) is 17.4 Å². The minimum absolute atomic E-state index is 0.713. The Morgan fingerprint density at radius 1 is 1.40 bits per heavy atom. The molecule has 0 saturated carbocycles. The zero-order valence-corrected chi connectivity index (χ0v) is 5.10. The fourth-order valence-electron chi connectivity index (χ4n) is 0.787. The van der Waals surface area contributed by atoms with Crippen molar-refractivity contribution < 1.29 is 0 Å². The van der Waals surface area contributed by atoms with Crippen molar-refractivity contribution in [2.75, 3.05) is 5.84 Å². The van der Waals surface area contributed by atoms with Gasteiger partial charge in [-0.3, -0.25) is 0 Å². The monoisotopic (exact) mass is 135 g/mol. The molecule has 0 spiro atoms. The van der Waals surface area contributed by atoms with Crippen LogP contribution in [0, 0.1) is 0 Å². The molecule has 5 heteroatoms. The van der Waals surface area contributed by atoms with Crippen LogP contribution in [0.3, 0.4) is 0 Å². The van der Waals surface area contributed by atoms with Crippen molar-refractivity contribution in [1.82, 2.24) is 19.9 Å². The molecule has 0 aliphatic rings. The van der Waals surface area contributed by atoms with Gasteiger partial charge in [0.05, 0.1) is 12.4 Å². The number of hydrogen-bond donors (Lipinski definition) is 1. The molecule has 0 radical (unpaired) electrons. The van der Waals surface area contributed by atoms with E-state index in [0.717, 1.165) is 5.52 Å². The summed E-state index contributed by atoms with van der Waals surface area (Å²) in [6.07, 6.45) is 4.72. The molecule has 0 bridgehead atoms. The van der Waals surface area contributed by atoms with Crippen LogP contribution in [0.2, 0.25) is 0 Å². The zero-order valence-electron chi connectivity index (χ0n) is 5.10. The second kappa shape index (κ2) is 1.66. The molecule has 2 aromatic heterocycles. The predicted octanol–water partition coefficient (Wildman–Crippen LogP) is -0.460. The van der Waals surface area contributed by atoms with Gasteiger partial charge < -0.3 is 5.84 Å². The van der Waals surface area contributed by atoms with Gasteiger partial charge in [-0.05, 0) is 0 Å². The largest absolute Gasteiger partial charge is 0.323 e. The molecule has 0 atom stereocenters. The van der Waals surface area contributed by atoms with Crippen LogP contribution in [0.5, 0.6) is 0 Å². The summed E-state index contributed by atoms with van der Waals surface area (Å²) < 4.78 is 0. The second-order valence-electron chi connectivity index (χ2n) is 1.90. The lowest BCUT2D eigenvalue weighted by Gasteiger charge is -1.80. The Morgan fingerprint density at radius 2 is 2.30 bits per heavy atom. The highest BCUT2D eigenvalue weighted by Crippen LogP contribution is 2.02. The summed E-state index contributed by atoms with van der Waals surface area (Å²) in [5.74, 6) is 5.33. The number of aromatic nitrogens is 4. The lowest BCUT2D eigenvalue weighted by atomic mass is 10.5. The Labute approximate surface area is 56.5 Å². The maximum Gasteiger partial charge on any atom is 0.131 e. The fraction of sp³-hybridized carbons (Fsp3) is 0. The summed E-state index contributed by atoms with van der Waals surface area (Å²) in [4.78, 5) is 8.93. The quantitative estimate of drug-likeness (QED) is 0.496. The first-order valence-electron chi connectivity index (χ1n) is 2.77. The molecule has 0 aliphatic carbocycles. The summed E-state index contributed by atoms with van der Waals surface area (Å²) in [6, 6.07) is 0. The van der Waals surface area contributed by atoms with E-state index >= 15 is 0 Å². The molecule has 50 valence electrons. The molecule has 0 aromatic carbocycles. The van der Waals surface area contributed by atoms with E-state index in [1.54, 1.807) is 12.4 Å². The molecule has 5 nitrogen and oxygen atoms in total. The molecule has 2 rings (SSSR count). The van der Waals surface area contributed by atoms with Gasteiger partial charge in [-0.1, -0.05) is 0 Å². The minimum Gasteiger partial charge on any atom is -0.323 e. The maximum atomic E-state index is 5.33. The average molecular weight is 135 g/mol. The Hall–Kier alpha value is -1.65. The van der Waals surface area contributed by atoms with Crippen molar-refractivity contribution in [2.24, 2.45) is 0 Å². The van der Waals surface area contributed by atoms with Crippen LogP contribution in [0.1, 0.15) is 0 Å². The van der Waals surface area contributed by atoms with Crippen LogP contribution >= 0.6 is 0 Å². The van der Waals surface area contributed by atoms with Gasteiger partial charge in [0, 0.05) is 0 Å². The van der Waals surface area contributed by atoms with Gasteiger partial charge in [-0.2, -0.15) is 4.79 Å². The highest BCUT2D eigenvalue weighted by Gasteiger charge is 1.96. The van der Waals surface area contributed by atoms with Gasteiger partial charge in [0.15, 0.2) is 0 Å². The summed E-state index contributed by atoms with van der Waals surface area (Å²) in [6.45, 7) is 0. The summed E-state index contributed by atoms with van der Waals surface area (Å²) in [5, 5.41) is 3.88. The van der Waals surface area contributed by atoms with Crippen LogP contribution in [0.25, 0.3) is 11.0 Å². The van der Waals surface area contributed by atoms with Crippen LogP contribution in [-0.4, -0.2) is 19.9 Å². The topological polar surface area (TPSA) is 69.6 Å². The Balaban J connectivity index is 2.88. The third-order valence-corrected chi connectivity index (χ3v) is 1.20. The van der Waals surface area contributed by atoms with Crippen LogP contribution in [0.4, 0.5) is 0 Å². The van der Waals surface area contributed by atoms with E-state index in [2.05, 4.69) is 15.1 Å². The SMILES string of the molecule is Nn1cc2ncncc2n1. The average Bonchev–Trinajstić information content (AvgIpc) is 2.27. The normalized spacial score (nSPS) is 10.4. The number of nitrogens with zero attached hydrogens (tertiary/aromatic N) is 4. The van der Waals surface area contributed by atoms with E-state index < -0.39 is 0 Å². The van der Waals surface area contributed by atoms with E-state index in [1.807, 2.05) is 0 Å². The Kier molecular flexibility index (Phi) is 0.858. The molecule has 2 heterocycles. The molecule has 0 amide bonds. The van der Waals surface area contributed by atoms with Crippen LogP contribution in [0.15, 0.2) is 18.7 Å². The third-order valence-electron chi connectivity index (χ3n) is 1.20. The van der Waals surface area contributed by atoms with E-state index in [9.17, 15) is 0 Å². The molecular weight excluding hydrogens is 130 g/mol. The van der Waals surface area contributed by atoms with E-state index in [1.165, 1.54) is 11.1 Å². The van der Waals surface area contributed by atoms with Gasteiger partial charge in [0.25, 0.3) is 0 Å². The smallest absolute Gasteiger partial charge is 0.131 e. The lowest BCUT2D eigenvalue weighted by Crippen LogP contribution is -2.07. The van der Waals surface area contributed by atoms with Crippen molar-refractivity contribution in [2.45, 2.75) is 0 Å². The molecule has 2 N–H and O–H groups in total. The number of nitrogen functional groups attached to an aromatic ring is 1. The third kappa shape index (κ3) is 0.604. The summed E-state index contributed by atoms with van der Waals surface area (Å²) >= 11 is 0. The zero-order chi connectivity index (χ0) is 6.97. The van der Waals surface area contributed by atoms with Gasteiger partial charge in [-0.25, -0.2) is 9.97 Å². The minimum atomic E-state index is 0.713. The van der Waals surface area contributed by atoms with E-state index in [4.69, 9.17) is 5.84 Å². The fourth-order valence-corrected chi connectivity index (χ4v) is 0.787. The van der Waals surface area contributed by atoms with Gasteiger partial charge >= 0.3 is 0 Å². The highest BCUT2D eigenvalue weighted by molar-refractivity contribution is 5.71. The van der Waals surface area contributed by atoms with Crippen LogP contribution < -0.4 is 5.84 Å². The molecule has 0 fully saturated rings. The predicted molar refractivity (Wildman–Crippen MR) is 35.5 cm³/mol. The highest BCUT2D eigenvalue weighted by atomic mass is 15.5. The lowest BCUT2D eigenvalue weighted by molar-refractivity contribution is 0.846. The first-order valence-corrected chi connectivity index (χ1v) is 2.77. The molecule has 0 aliphatic heterocycles. The van der Waals surface area contributed by atoms with Crippen molar-refractivity contribution in [3.63, 3.8) is 0 Å². The van der Waals surface area contributed by atoms with Crippen molar-refractivity contribution in [3.05, 3.63) is 18.7 Å². The first kappa shape index (κ1) is 5.16. The molecule has 0 saturated heterocycles. The summed E-state index contributed by atoms with van der Waals surface area (Å²) in [7, 11) is 0. The molecular formula is C5H5N5. The summed E-state index contributed by atoms with van der Waals surface area (Å²) in [5.41, 5.74) is 1.47. The second-order valence-corrected chi connectivity index (χ2v) is 1.90. The van der Waals surface area contributed by atoms with Crippen LogP contribution in [-0.2, 0) is 0 Å². The van der Waals surface area contributed by atoms with Crippen molar-refractivity contribution >= 4 is 11.0 Å². The van der Waals surface area contributed by atoms with Crippen molar-refractivity contribution in [3.8, 4) is 0 Å². The number of rotatable bonds is 0. The molecule has 0 unspecified atom stereocenters. The standard InChI is InChI=1S/C5H5N5/c6-10-2-5-4(9-10)1-7-3-8-5/h1-3H,6H2. The number of hydrogen-bond acceptors (Lipinski definition) is 4. The Morgan fingerprint density at radius 3 is 3.10 bits per heavy atom. The molecule has 2 aromatic rings. The van der Waals surface area contributed by atoms with E-state index in [-0.39, 0.29) is 0 Å².